The minimum Gasteiger partial charge on any atom is -0.143 e. The molecule has 0 spiro atoms. The number of rotatable bonds is 0. The fourth-order valence-corrected chi connectivity index (χ4v) is 5.10. The summed E-state index contributed by atoms with van der Waals surface area (Å²) in [5.41, 5.74) is 0. The van der Waals surface area contributed by atoms with Gasteiger partial charge in [-0.3, -0.25) is 0 Å². The van der Waals surface area contributed by atoms with Crippen molar-refractivity contribution in [2.75, 3.05) is 0 Å². The predicted octanol–water partition coefficient (Wildman–Crippen LogP) is 8.41. The largest absolute Gasteiger partial charge is 0.143 e. The van der Waals surface area contributed by atoms with Crippen molar-refractivity contribution in [1.29, 1.82) is 0 Å². The van der Waals surface area contributed by atoms with Crippen LogP contribution >= 0.6 is 34.0 Å². The molecule has 0 amide bonds. The second-order valence-electron chi connectivity index (χ2n) is 3.49. The Morgan fingerprint density at radius 2 is 0.810 bits per heavy atom. The third kappa shape index (κ3) is 3.31. The van der Waals surface area contributed by atoms with Crippen LogP contribution in [0.4, 0.5) is 0 Å². The molecule has 0 bridgehead atoms. The zero-order valence-corrected chi connectivity index (χ0v) is 16.1. The zero-order chi connectivity index (χ0) is 15.8. The van der Waals surface area contributed by atoms with Crippen LogP contribution in [0.25, 0.3) is 30.3 Å². The number of hydrogen-bond donors (Lipinski definition) is 0. The summed E-state index contributed by atoms with van der Waals surface area (Å²) in [5, 5.41) is 10.9. The molecule has 3 heteroatoms. The summed E-state index contributed by atoms with van der Waals surface area (Å²) in [6, 6.07) is 6.73. The van der Waals surface area contributed by atoms with Gasteiger partial charge in [0, 0.05) is 20.9 Å². The summed E-state index contributed by atoms with van der Waals surface area (Å²) < 4.78 is 4.35. The molecular weight excluding hydrogens is 312 g/mol. The van der Waals surface area contributed by atoms with E-state index in [-0.39, 0.29) is 0 Å². The molecule has 4 rings (SSSR count). The van der Waals surface area contributed by atoms with Crippen LogP contribution < -0.4 is 0 Å². The lowest BCUT2D eigenvalue weighted by atomic mass is 10.1. The minimum atomic E-state index is 1.42. The first-order valence-electron chi connectivity index (χ1n) is 7.69. The van der Waals surface area contributed by atoms with E-state index in [0.717, 1.165) is 0 Å². The summed E-state index contributed by atoms with van der Waals surface area (Å²) in [4.78, 5) is 0. The molecule has 0 nitrogen and oxygen atoms in total. The quantitative estimate of drug-likeness (QED) is 0.302. The summed E-state index contributed by atoms with van der Waals surface area (Å²) >= 11 is 5.56. The molecule has 0 aliphatic heterocycles. The highest BCUT2D eigenvalue weighted by Gasteiger charge is 2.10. The highest BCUT2D eigenvalue weighted by atomic mass is 32.1. The van der Waals surface area contributed by atoms with E-state index < -0.39 is 0 Å². The number of fused-ring (bicyclic) bond motifs is 6. The smallest absolute Gasteiger partial charge is 0.0535 e. The lowest BCUT2D eigenvalue weighted by molar-refractivity contribution is 1.50. The molecule has 114 valence electrons. The van der Waals surface area contributed by atoms with Crippen LogP contribution in [-0.4, -0.2) is 0 Å². The van der Waals surface area contributed by atoms with Crippen LogP contribution in [0.3, 0.4) is 0 Å². The van der Waals surface area contributed by atoms with Crippen LogP contribution in [0.2, 0.25) is 0 Å². The molecule has 21 heavy (non-hydrogen) atoms. The van der Waals surface area contributed by atoms with E-state index in [1.165, 1.54) is 30.3 Å². The van der Waals surface area contributed by atoms with Gasteiger partial charge in [-0.2, -0.15) is 0 Å². The molecule has 0 atom stereocenters. The van der Waals surface area contributed by atoms with Crippen LogP contribution in [0.5, 0.6) is 0 Å². The van der Waals surface area contributed by atoms with Crippen molar-refractivity contribution < 1.29 is 0 Å². The molecule has 0 aliphatic rings. The SMILES string of the molecule is CC.CC.CC.c1cc2c3ccsc3c3sccc3c2s1. The van der Waals surface area contributed by atoms with Gasteiger partial charge in [0.15, 0.2) is 0 Å². The normalized spacial score (nSPS) is 9.43. The number of benzene rings is 1. The Labute approximate surface area is 140 Å². The van der Waals surface area contributed by atoms with E-state index in [0.29, 0.717) is 0 Å². The van der Waals surface area contributed by atoms with Crippen LogP contribution in [0, 0.1) is 0 Å². The van der Waals surface area contributed by atoms with Crippen molar-refractivity contribution >= 4 is 64.3 Å². The third-order valence-corrected chi connectivity index (χ3v) is 5.68. The molecule has 4 aromatic rings. The molecule has 0 aliphatic carbocycles. The third-order valence-electron chi connectivity index (χ3n) is 2.74. The van der Waals surface area contributed by atoms with Gasteiger partial charge in [0.25, 0.3) is 0 Å². The maximum Gasteiger partial charge on any atom is 0.0535 e. The Hall–Kier alpha value is -0.900. The fraction of sp³-hybridized carbons (Fsp3) is 0.333. The Kier molecular flexibility index (Phi) is 7.94. The van der Waals surface area contributed by atoms with Gasteiger partial charge in [0.1, 0.15) is 0 Å². The van der Waals surface area contributed by atoms with Gasteiger partial charge < -0.3 is 0 Å². The molecule has 0 N–H and O–H groups in total. The molecule has 0 radical (unpaired) electrons. The van der Waals surface area contributed by atoms with E-state index in [1.807, 2.05) is 75.6 Å². The topological polar surface area (TPSA) is 0 Å². The Morgan fingerprint density at radius 3 is 1.33 bits per heavy atom. The Balaban J connectivity index is 0.000000332. The average Bonchev–Trinajstić information content (AvgIpc) is 3.30. The average molecular weight is 337 g/mol. The van der Waals surface area contributed by atoms with E-state index in [9.17, 15) is 0 Å². The van der Waals surface area contributed by atoms with Crippen molar-refractivity contribution in [3.8, 4) is 0 Å². The van der Waals surface area contributed by atoms with Crippen LogP contribution in [0.1, 0.15) is 41.5 Å². The van der Waals surface area contributed by atoms with Gasteiger partial charge in [-0.1, -0.05) is 41.5 Å². The van der Waals surface area contributed by atoms with Gasteiger partial charge in [0.2, 0.25) is 0 Å². The predicted molar refractivity (Wildman–Crippen MR) is 107 cm³/mol. The molecule has 0 saturated carbocycles. The maximum atomic E-state index is 2.25. The Morgan fingerprint density at radius 1 is 0.476 bits per heavy atom. The van der Waals surface area contributed by atoms with Crippen molar-refractivity contribution in [3.05, 3.63) is 34.3 Å². The first kappa shape index (κ1) is 18.1. The summed E-state index contributed by atoms with van der Waals surface area (Å²) in [5.74, 6) is 0. The summed E-state index contributed by atoms with van der Waals surface area (Å²) in [7, 11) is 0. The van der Waals surface area contributed by atoms with Gasteiger partial charge in [-0.25, -0.2) is 0 Å². The first-order valence-corrected chi connectivity index (χ1v) is 10.3. The highest BCUT2D eigenvalue weighted by molar-refractivity contribution is 7.27. The molecule has 0 saturated heterocycles. The molecule has 0 fully saturated rings. The van der Waals surface area contributed by atoms with Gasteiger partial charge in [-0.05, 0) is 34.3 Å². The maximum absolute atomic E-state index is 2.25. The van der Waals surface area contributed by atoms with Crippen LogP contribution in [0.15, 0.2) is 34.3 Å². The molecule has 3 aromatic heterocycles. The number of hydrogen-bond acceptors (Lipinski definition) is 3. The zero-order valence-electron chi connectivity index (χ0n) is 13.7. The second-order valence-corrected chi connectivity index (χ2v) is 6.24. The van der Waals surface area contributed by atoms with E-state index >= 15 is 0 Å². The van der Waals surface area contributed by atoms with E-state index in [1.54, 1.807) is 0 Å². The lowest BCUT2D eigenvalue weighted by Gasteiger charge is -1.96. The minimum absolute atomic E-state index is 1.42. The monoisotopic (exact) mass is 336 g/mol. The first-order chi connectivity index (χ1) is 10.4. The van der Waals surface area contributed by atoms with Crippen molar-refractivity contribution in [1.82, 2.24) is 0 Å². The molecular formula is C18H24S3. The van der Waals surface area contributed by atoms with Crippen molar-refractivity contribution in [2.45, 2.75) is 41.5 Å². The van der Waals surface area contributed by atoms with Gasteiger partial charge in [-0.15, -0.1) is 34.0 Å². The van der Waals surface area contributed by atoms with Gasteiger partial charge in [0.05, 0.1) is 9.40 Å². The van der Waals surface area contributed by atoms with Gasteiger partial charge >= 0.3 is 0 Å². The van der Waals surface area contributed by atoms with Crippen LogP contribution in [-0.2, 0) is 0 Å². The molecule has 0 unspecified atom stereocenters. The molecule has 1 aromatic carbocycles. The molecule has 3 heterocycles. The second kappa shape index (κ2) is 9.19. The summed E-state index contributed by atoms with van der Waals surface area (Å²) in [6.07, 6.45) is 0. The standard InChI is InChI=1S/C12H6S3.3C2H6/c1-4-13-10-7(1)8-2-5-14-11(8)12-9(10)3-6-15-12;3*1-2/h1-6H;3*1-2H3. The fourth-order valence-electron chi connectivity index (χ4n) is 2.09. The lowest BCUT2D eigenvalue weighted by Crippen LogP contribution is -1.67. The van der Waals surface area contributed by atoms with Crippen molar-refractivity contribution in [3.63, 3.8) is 0 Å². The van der Waals surface area contributed by atoms with E-state index in [4.69, 9.17) is 0 Å². The van der Waals surface area contributed by atoms with E-state index in [2.05, 4.69) is 34.3 Å². The summed E-state index contributed by atoms with van der Waals surface area (Å²) in [6.45, 7) is 12.0. The number of thiophene rings is 3. The van der Waals surface area contributed by atoms with Crippen molar-refractivity contribution in [2.24, 2.45) is 0 Å². The highest BCUT2D eigenvalue weighted by Crippen LogP contribution is 2.42. The Bertz CT molecular complexity index is 577.